The molecule has 2 rings (SSSR count). The fraction of sp³-hybridized carbons (Fsp3) is 0.100. The highest BCUT2D eigenvalue weighted by atomic mass is 19.1. The first-order chi connectivity index (χ1) is 13.5. The summed E-state index contributed by atoms with van der Waals surface area (Å²) in [5, 5.41) is 0. The summed E-state index contributed by atoms with van der Waals surface area (Å²) in [6, 6.07) is 9.63. The number of carbonyl (C=O) groups excluding carboxylic acids is 2. The molecule has 0 radical (unpaired) electrons. The number of halogens is 2. The minimum atomic E-state index is -0.999. The van der Waals surface area contributed by atoms with Gasteiger partial charge in [0.05, 0.1) is 0 Å². The van der Waals surface area contributed by atoms with Gasteiger partial charge in [0, 0.05) is 0 Å². The zero-order valence-electron chi connectivity index (χ0n) is 14.2. The molecule has 0 atom stereocenters. The van der Waals surface area contributed by atoms with Gasteiger partial charge in [-0.15, -0.1) is 0 Å². The van der Waals surface area contributed by atoms with Crippen molar-refractivity contribution in [3.8, 4) is 35.2 Å². The number of ether oxygens (including phenoxy) is 4. The molecule has 8 heteroatoms. The van der Waals surface area contributed by atoms with Gasteiger partial charge in [-0.2, -0.15) is 0 Å². The van der Waals surface area contributed by atoms with E-state index in [1.165, 1.54) is 24.3 Å². The van der Waals surface area contributed by atoms with Gasteiger partial charge in [0.2, 0.25) is 0 Å². The quantitative estimate of drug-likeness (QED) is 0.453. The Morgan fingerprint density at radius 1 is 0.679 bits per heavy atom. The molecular weight excluding hydrogens is 374 g/mol. The highest BCUT2D eigenvalue weighted by molar-refractivity contribution is 5.64. The van der Waals surface area contributed by atoms with Gasteiger partial charge in [0.25, 0.3) is 0 Å². The second-order valence-corrected chi connectivity index (χ2v) is 4.79. The molecule has 0 saturated heterocycles. The number of benzene rings is 2. The SMILES string of the molecule is O=C(OCC#CC#CCOC(=O)Oc1ccc(F)cc1)Oc1ccc(F)cc1. The summed E-state index contributed by atoms with van der Waals surface area (Å²) in [6.45, 7) is -0.551. The minimum Gasteiger partial charge on any atom is -0.421 e. The smallest absolute Gasteiger partial charge is 0.421 e. The molecule has 0 heterocycles. The van der Waals surface area contributed by atoms with E-state index in [2.05, 4.69) is 33.2 Å². The van der Waals surface area contributed by atoms with Crippen LogP contribution in [0.2, 0.25) is 0 Å². The van der Waals surface area contributed by atoms with Crippen LogP contribution in [0, 0.1) is 35.3 Å². The predicted octanol–water partition coefficient (Wildman–Crippen LogP) is 3.70. The molecule has 28 heavy (non-hydrogen) atoms. The molecule has 0 fully saturated rings. The largest absolute Gasteiger partial charge is 0.514 e. The van der Waals surface area contributed by atoms with Crippen molar-refractivity contribution < 1.29 is 37.3 Å². The maximum absolute atomic E-state index is 12.7. The number of carbonyl (C=O) groups is 2. The molecule has 2 aromatic rings. The summed E-state index contributed by atoms with van der Waals surface area (Å²) < 4.78 is 44.3. The zero-order chi connectivity index (χ0) is 20.2. The lowest BCUT2D eigenvalue weighted by Gasteiger charge is -2.02. The lowest BCUT2D eigenvalue weighted by atomic mass is 10.3. The second kappa shape index (κ2) is 10.8. The highest BCUT2D eigenvalue weighted by Gasteiger charge is 2.05. The Bertz CT molecular complexity index is 852. The summed E-state index contributed by atoms with van der Waals surface area (Å²) in [5.41, 5.74) is 0. The van der Waals surface area contributed by atoms with E-state index in [1.54, 1.807) is 0 Å². The maximum Gasteiger partial charge on any atom is 0.514 e. The van der Waals surface area contributed by atoms with Crippen LogP contribution in [0.4, 0.5) is 18.4 Å². The van der Waals surface area contributed by atoms with E-state index >= 15 is 0 Å². The summed E-state index contributed by atoms with van der Waals surface area (Å²) >= 11 is 0. The molecule has 0 amide bonds. The third-order valence-electron chi connectivity index (χ3n) is 2.79. The van der Waals surface area contributed by atoms with E-state index in [0.29, 0.717) is 0 Å². The van der Waals surface area contributed by atoms with Gasteiger partial charge >= 0.3 is 12.3 Å². The number of hydrogen-bond acceptors (Lipinski definition) is 6. The van der Waals surface area contributed by atoms with Gasteiger partial charge < -0.3 is 18.9 Å². The van der Waals surface area contributed by atoms with Crippen LogP contribution >= 0.6 is 0 Å². The van der Waals surface area contributed by atoms with Crippen LogP contribution in [-0.2, 0) is 9.47 Å². The molecule has 6 nitrogen and oxygen atoms in total. The van der Waals surface area contributed by atoms with Crippen molar-refractivity contribution in [2.75, 3.05) is 13.2 Å². The van der Waals surface area contributed by atoms with Crippen LogP contribution in [0.15, 0.2) is 48.5 Å². The topological polar surface area (TPSA) is 71.1 Å². The van der Waals surface area contributed by atoms with Gasteiger partial charge in [-0.1, -0.05) is 0 Å². The van der Waals surface area contributed by atoms with Gasteiger partial charge in [0.1, 0.15) is 23.1 Å². The van der Waals surface area contributed by atoms with Gasteiger partial charge in [-0.3, -0.25) is 0 Å². The van der Waals surface area contributed by atoms with Crippen molar-refractivity contribution in [1.29, 1.82) is 0 Å². The van der Waals surface area contributed by atoms with Crippen molar-refractivity contribution in [3.05, 3.63) is 60.2 Å². The van der Waals surface area contributed by atoms with Crippen molar-refractivity contribution in [2.45, 2.75) is 0 Å². The molecule has 0 unspecified atom stereocenters. The van der Waals surface area contributed by atoms with E-state index in [4.69, 9.17) is 9.47 Å². The van der Waals surface area contributed by atoms with Crippen molar-refractivity contribution in [1.82, 2.24) is 0 Å². The van der Waals surface area contributed by atoms with E-state index in [9.17, 15) is 18.4 Å². The molecular formula is C20H12F2O6. The molecule has 0 aliphatic rings. The van der Waals surface area contributed by atoms with Crippen LogP contribution < -0.4 is 9.47 Å². The van der Waals surface area contributed by atoms with Crippen LogP contribution in [0.25, 0.3) is 0 Å². The van der Waals surface area contributed by atoms with E-state index in [1.807, 2.05) is 0 Å². The van der Waals surface area contributed by atoms with Crippen molar-refractivity contribution in [3.63, 3.8) is 0 Å². The van der Waals surface area contributed by atoms with E-state index in [0.717, 1.165) is 24.3 Å². The average Bonchev–Trinajstić information content (AvgIpc) is 2.67. The summed E-state index contributed by atoms with van der Waals surface area (Å²) in [4.78, 5) is 22.7. The van der Waals surface area contributed by atoms with Crippen LogP contribution in [-0.4, -0.2) is 25.5 Å². The van der Waals surface area contributed by atoms with E-state index in [-0.39, 0.29) is 24.7 Å². The highest BCUT2D eigenvalue weighted by Crippen LogP contribution is 2.12. The summed E-state index contributed by atoms with van der Waals surface area (Å²) in [6.07, 6.45) is -2.00. The van der Waals surface area contributed by atoms with Crippen LogP contribution in [0.5, 0.6) is 11.5 Å². The fourth-order valence-corrected chi connectivity index (χ4v) is 1.61. The second-order valence-electron chi connectivity index (χ2n) is 4.79. The normalized spacial score (nSPS) is 9.07. The monoisotopic (exact) mass is 386 g/mol. The Labute approximate surface area is 159 Å². The Morgan fingerprint density at radius 3 is 1.39 bits per heavy atom. The Morgan fingerprint density at radius 2 is 1.04 bits per heavy atom. The molecule has 0 N–H and O–H groups in total. The average molecular weight is 386 g/mol. The lowest BCUT2D eigenvalue weighted by molar-refractivity contribution is 0.110. The Kier molecular flexibility index (Phi) is 7.85. The number of rotatable bonds is 4. The molecule has 2 aromatic carbocycles. The van der Waals surface area contributed by atoms with Crippen LogP contribution in [0.1, 0.15) is 0 Å². The molecule has 0 saturated carbocycles. The van der Waals surface area contributed by atoms with Crippen LogP contribution in [0.3, 0.4) is 0 Å². The molecule has 142 valence electrons. The molecule has 0 aliphatic heterocycles. The standard InChI is InChI=1S/C20H12F2O6/c21-15-5-9-17(10-6-15)27-19(23)25-13-3-1-2-4-14-26-20(24)28-18-11-7-16(22)8-12-18/h5-12H,13-14H2. The predicted molar refractivity (Wildman–Crippen MR) is 92.3 cm³/mol. The van der Waals surface area contributed by atoms with Crippen molar-refractivity contribution >= 4 is 12.3 Å². The van der Waals surface area contributed by atoms with Gasteiger partial charge in [-0.25, -0.2) is 18.4 Å². The first-order valence-corrected chi connectivity index (χ1v) is 7.69. The van der Waals surface area contributed by atoms with Gasteiger partial charge in [-0.05, 0) is 72.2 Å². The molecule has 0 spiro atoms. The fourth-order valence-electron chi connectivity index (χ4n) is 1.61. The van der Waals surface area contributed by atoms with E-state index < -0.39 is 23.9 Å². The Balaban J connectivity index is 1.61. The molecule has 0 bridgehead atoms. The third kappa shape index (κ3) is 7.89. The summed E-state index contributed by atoms with van der Waals surface area (Å²) in [5.74, 6) is 8.95. The Hall–Kier alpha value is -4.04. The lowest BCUT2D eigenvalue weighted by Crippen LogP contribution is -2.10. The molecule has 0 aromatic heterocycles. The van der Waals surface area contributed by atoms with Gasteiger partial charge in [0.15, 0.2) is 13.2 Å². The van der Waals surface area contributed by atoms with Crippen molar-refractivity contribution in [2.24, 2.45) is 0 Å². The summed E-state index contributed by atoms with van der Waals surface area (Å²) in [7, 11) is 0. The maximum atomic E-state index is 12.7. The molecule has 0 aliphatic carbocycles. The zero-order valence-corrected chi connectivity index (χ0v) is 14.2. The third-order valence-corrected chi connectivity index (χ3v) is 2.79. The first-order valence-electron chi connectivity index (χ1n) is 7.69. The number of hydrogen-bond donors (Lipinski definition) is 0. The first kappa shape index (κ1) is 20.3. The minimum absolute atomic E-state index is 0.129.